The van der Waals surface area contributed by atoms with E-state index in [4.69, 9.17) is 13.9 Å². The number of hydrogen-bond donors (Lipinski definition) is 0. The van der Waals surface area contributed by atoms with E-state index in [0.717, 1.165) is 11.1 Å². The van der Waals surface area contributed by atoms with Crippen LogP contribution in [0.1, 0.15) is 33.5 Å². The van der Waals surface area contributed by atoms with Gasteiger partial charge in [0.15, 0.2) is 23.1 Å². The minimum atomic E-state index is -0.311. The molecule has 1 aliphatic heterocycles. The van der Waals surface area contributed by atoms with Crippen LogP contribution >= 0.6 is 0 Å². The first kappa shape index (κ1) is 23.6. The van der Waals surface area contributed by atoms with E-state index in [1.165, 1.54) is 6.26 Å². The maximum absolute atomic E-state index is 12.8. The summed E-state index contributed by atoms with van der Waals surface area (Å²) in [6.45, 7) is 2.86. The lowest BCUT2D eigenvalue weighted by Crippen LogP contribution is -2.50. The zero-order valence-electron chi connectivity index (χ0n) is 20.3. The number of nitrogens with zero attached hydrogens (tertiary/aromatic N) is 6. The first-order chi connectivity index (χ1) is 17.7. The normalized spacial score (nSPS) is 15.0. The fraction of sp³-hybridized carbons (Fsp3) is 0.308. The number of rotatable bonds is 8. The van der Waals surface area contributed by atoms with Crippen molar-refractivity contribution in [3.8, 4) is 11.5 Å². The topological polar surface area (TPSA) is 98.8 Å². The SMILES string of the molecule is COc1cccc([C@@H](c2nnnn2Cc2ccccc2)N2CCN(C(=O)c3ccco3)CC2)c1OC. The minimum absolute atomic E-state index is 0.107. The zero-order valence-corrected chi connectivity index (χ0v) is 20.3. The highest BCUT2D eigenvalue weighted by molar-refractivity contribution is 5.91. The van der Waals surface area contributed by atoms with Gasteiger partial charge in [0.1, 0.15) is 6.04 Å². The molecule has 0 saturated carbocycles. The van der Waals surface area contributed by atoms with Gasteiger partial charge in [-0.1, -0.05) is 42.5 Å². The van der Waals surface area contributed by atoms with Gasteiger partial charge in [-0.25, -0.2) is 4.68 Å². The average Bonchev–Trinajstić information content (AvgIpc) is 3.62. The fourth-order valence-corrected chi connectivity index (χ4v) is 4.64. The summed E-state index contributed by atoms with van der Waals surface area (Å²) in [4.78, 5) is 16.9. The Balaban J connectivity index is 1.48. The van der Waals surface area contributed by atoms with E-state index in [1.807, 2.05) is 58.1 Å². The first-order valence-corrected chi connectivity index (χ1v) is 11.8. The monoisotopic (exact) mass is 488 g/mol. The van der Waals surface area contributed by atoms with E-state index in [2.05, 4.69) is 20.4 Å². The van der Waals surface area contributed by atoms with Crippen LogP contribution in [0.15, 0.2) is 71.3 Å². The largest absolute Gasteiger partial charge is 0.493 e. The molecule has 0 radical (unpaired) electrons. The van der Waals surface area contributed by atoms with Gasteiger partial charge in [-0.05, 0) is 34.2 Å². The Kier molecular flexibility index (Phi) is 6.94. The minimum Gasteiger partial charge on any atom is -0.493 e. The Hall–Kier alpha value is -4.18. The van der Waals surface area contributed by atoms with Crippen LogP contribution in [0.2, 0.25) is 0 Å². The third kappa shape index (κ3) is 4.67. The Morgan fingerprint density at radius 2 is 1.78 bits per heavy atom. The molecule has 4 aromatic rings. The number of amides is 1. The number of benzene rings is 2. The van der Waals surface area contributed by atoms with Crippen molar-refractivity contribution in [2.75, 3.05) is 40.4 Å². The van der Waals surface area contributed by atoms with Crippen LogP contribution in [-0.4, -0.2) is 76.3 Å². The second-order valence-electron chi connectivity index (χ2n) is 8.47. The van der Waals surface area contributed by atoms with Crippen molar-refractivity contribution in [2.45, 2.75) is 12.6 Å². The quantitative estimate of drug-likeness (QED) is 0.373. The highest BCUT2D eigenvalue weighted by Crippen LogP contribution is 2.39. The molecule has 0 unspecified atom stereocenters. The molecule has 2 aromatic heterocycles. The molecule has 1 atom stereocenters. The summed E-state index contributed by atoms with van der Waals surface area (Å²) >= 11 is 0. The molecule has 1 aliphatic rings. The summed E-state index contributed by atoms with van der Waals surface area (Å²) in [6, 6.07) is 19.0. The lowest BCUT2D eigenvalue weighted by molar-refractivity contribution is 0.0557. The van der Waals surface area contributed by atoms with Gasteiger partial charge in [0.25, 0.3) is 5.91 Å². The molecule has 3 heterocycles. The number of para-hydroxylation sites is 1. The number of hydrogen-bond acceptors (Lipinski definition) is 8. The summed E-state index contributed by atoms with van der Waals surface area (Å²) < 4.78 is 18.5. The molecule has 0 bridgehead atoms. The van der Waals surface area contributed by atoms with Crippen LogP contribution < -0.4 is 9.47 Å². The van der Waals surface area contributed by atoms with Crippen molar-refractivity contribution >= 4 is 5.91 Å². The van der Waals surface area contributed by atoms with Crippen LogP contribution in [-0.2, 0) is 6.54 Å². The second kappa shape index (κ2) is 10.6. The smallest absolute Gasteiger partial charge is 0.289 e. The molecular formula is C26H28N6O4. The van der Waals surface area contributed by atoms with Crippen LogP contribution in [0, 0.1) is 0 Å². The van der Waals surface area contributed by atoms with Crippen LogP contribution in [0.4, 0.5) is 0 Å². The van der Waals surface area contributed by atoms with Crippen LogP contribution in [0.3, 0.4) is 0 Å². The predicted octanol–water partition coefficient (Wildman–Crippen LogP) is 2.88. The van der Waals surface area contributed by atoms with Gasteiger partial charge >= 0.3 is 0 Å². The molecular weight excluding hydrogens is 460 g/mol. The molecule has 10 heteroatoms. The van der Waals surface area contributed by atoms with Crippen molar-refractivity contribution < 1.29 is 18.7 Å². The molecule has 0 spiro atoms. The van der Waals surface area contributed by atoms with Crippen molar-refractivity contribution in [1.82, 2.24) is 30.0 Å². The number of carbonyl (C=O) groups is 1. The molecule has 2 aromatic carbocycles. The number of tetrazole rings is 1. The Morgan fingerprint density at radius 1 is 0.972 bits per heavy atom. The van der Waals surface area contributed by atoms with Crippen LogP contribution in [0.5, 0.6) is 11.5 Å². The summed E-state index contributed by atoms with van der Waals surface area (Å²) in [5.74, 6) is 2.20. The molecule has 5 rings (SSSR count). The van der Waals surface area contributed by atoms with E-state index in [-0.39, 0.29) is 11.9 Å². The van der Waals surface area contributed by atoms with Crippen molar-refractivity contribution in [2.24, 2.45) is 0 Å². The molecule has 1 amide bonds. The van der Waals surface area contributed by atoms with Crippen molar-refractivity contribution in [1.29, 1.82) is 0 Å². The van der Waals surface area contributed by atoms with Gasteiger partial charge in [-0.15, -0.1) is 5.10 Å². The number of furan rings is 1. The predicted molar refractivity (Wildman–Crippen MR) is 131 cm³/mol. The lowest BCUT2D eigenvalue weighted by Gasteiger charge is -2.39. The van der Waals surface area contributed by atoms with E-state index >= 15 is 0 Å². The van der Waals surface area contributed by atoms with Gasteiger partial charge < -0.3 is 18.8 Å². The summed E-state index contributed by atoms with van der Waals surface area (Å²) in [5.41, 5.74) is 1.99. The molecule has 1 saturated heterocycles. The van der Waals surface area contributed by atoms with Crippen molar-refractivity contribution in [3.63, 3.8) is 0 Å². The van der Waals surface area contributed by atoms with Gasteiger partial charge in [-0.2, -0.15) is 0 Å². The van der Waals surface area contributed by atoms with E-state index < -0.39 is 0 Å². The van der Waals surface area contributed by atoms with Crippen LogP contribution in [0.25, 0.3) is 0 Å². The zero-order chi connectivity index (χ0) is 24.9. The van der Waals surface area contributed by atoms with E-state index in [1.54, 1.807) is 26.4 Å². The highest BCUT2D eigenvalue weighted by Gasteiger charge is 2.34. The molecule has 10 nitrogen and oxygen atoms in total. The first-order valence-electron chi connectivity index (χ1n) is 11.8. The number of ether oxygens (including phenoxy) is 2. The lowest BCUT2D eigenvalue weighted by atomic mass is 10.0. The molecule has 186 valence electrons. The second-order valence-corrected chi connectivity index (χ2v) is 8.47. The third-order valence-corrected chi connectivity index (χ3v) is 6.41. The number of piperazine rings is 1. The maximum atomic E-state index is 12.8. The molecule has 0 N–H and O–H groups in total. The summed E-state index contributed by atoms with van der Waals surface area (Å²) in [7, 11) is 3.25. The number of carbonyl (C=O) groups excluding carboxylic acids is 1. The number of aromatic nitrogens is 4. The van der Waals surface area contributed by atoms with Gasteiger partial charge in [-0.3, -0.25) is 9.69 Å². The third-order valence-electron chi connectivity index (χ3n) is 6.41. The fourth-order valence-electron chi connectivity index (χ4n) is 4.64. The Morgan fingerprint density at radius 3 is 2.47 bits per heavy atom. The summed E-state index contributed by atoms with van der Waals surface area (Å²) in [6.07, 6.45) is 1.52. The highest BCUT2D eigenvalue weighted by atomic mass is 16.5. The van der Waals surface area contributed by atoms with Crippen molar-refractivity contribution in [3.05, 3.63) is 89.6 Å². The Labute approximate surface area is 209 Å². The van der Waals surface area contributed by atoms with Gasteiger partial charge in [0, 0.05) is 31.7 Å². The standard InChI is InChI=1S/C26H28N6O4/c1-34-21-11-6-10-20(24(21)35-2)23(25-27-28-29-32(25)18-19-8-4-3-5-9-19)30-13-15-31(16-14-30)26(33)22-12-7-17-36-22/h3-12,17,23H,13-16,18H2,1-2H3/t23-/m0/s1. The van der Waals surface area contributed by atoms with E-state index in [9.17, 15) is 4.79 Å². The van der Waals surface area contributed by atoms with Gasteiger partial charge in [0.2, 0.25) is 0 Å². The molecule has 0 aliphatic carbocycles. The number of methoxy groups -OCH3 is 2. The Bertz CT molecular complexity index is 1280. The molecule has 36 heavy (non-hydrogen) atoms. The van der Waals surface area contributed by atoms with E-state index in [0.29, 0.717) is 55.8 Å². The van der Waals surface area contributed by atoms with Gasteiger partial charge in [0.05, 0.1) is 27.0 Å². The summed E-state index contributed by atoms with van der Waals surface area (Å²) in [5, 5.41) is 12.8. The average molecular weight is 489 g/mol. The maximum Gasteiger partial charge on any atom is 0.289 e. The molecule has 1 fully saturated rings.